The van der Waals surface area contributed by atoms with Crippen molar-refractivity contribution in [1.29, 1.82) is 0 Å². The molecule has 3 rings (SSSR count). The summed E-state index contributed by atoms with van der Waals surface area (Å²) in [5.74, 6) is 0.569. The van der Waals surface area contributed by atoms with Crippen molar-refractivity contribution in [2.45, 2.75) is 38.3 Å². The van der Waals surface area contributed by atoms with E-state index in [-0.39, 0.29) is 17.3 Å². The standard InChI is InChI=1S/C17H23FN4OS/c1-17(2,12-3-5-13(18)6-4-12)11-19-16-20-15(21-24-16)10-22-8-7-14(23)9-22/h3-6,14,23H,7-11H2,1-2H3,(H,19,20,21)/t14-/m0/s1. The molecule has 0 aliphatic carbocycles. The number of anilines is 1. The summed E-state index contributed by atoms with van der Waals surface area (Å²) in [6.07, 6.45) is 0.596. The molecule has 24 heavy (non-hydrogen) atoms. The van der Waals surface area contributed by atoms with E-state index < -0.39 is 0 Å². The lowest BCUT2D eigenvalue weighted by molar-refractivity contribution is 0.174. The number of aliphatic hydroxyl groups is 1. The van der Waals surface area contributed by atoms with Gasteiger partial charge in [0.1, 0.15) is 5.82 Å². The van der Waals surface area contributed by atoms with Crippen LogP contribution in [0.1, 0.15) is 31.7 Å². The van der Waals surface area contributed by atoms with Crippen LogP contribution in [0.2, 0.25) is 0 Å². The Morgan fingerprint density at radius 3 is 2.79 bits per heavy atom. The quantitative estimate of drug-likeness (QED) is 0.839. The molecule has 2 N–H and O–H groups in total. The molecule has 0 saturated carbocycles. The Hall–Kier alpha value is -1.57. The Kier molecular flexibility index (Phi) is 5.12. The molecular formula is C17H23FN4OS. The molecule has 1 aromatic heterocycles. The van der Waals surface area contributed by atoms with Gasteiger partial charge in [0.2, 0.25) is 5.13 Å². The number of likely N-dealkylation sites (tertiary alicyclic amines) is 1. The number of hydrogen-bond acceptors (Lipinski definition) is 6. The van der Waals surface area contributed by atoms with Crippen molar-refractivity contribution >= 4 is 16.7 Å². The van der Waals surface area contributed by atoms with Crippen LogP contribution in [-0.4, -0.2) is 45.1 Å². The minimum absolute atomic E-state index is 0.140. The highest BCUT2D eigenvalue weighted by atomic mass is 32.1. The Morgan fingerprint density at radius 1 is 1.38 bits per heavy atom. The van der Waals surface area contributed by atoms with Crippen LogP contribution in [0.5, 0.6) is 0 Å². The number of nitrogens with one attached hydrogen (secondary N) is 1. The fourth-order valence-corrected chi connectivity index (χ4v) is 3.42. The Balaban J connectivity index is 1.55. The molecule has 2 heterocycles. The first kappa shape index (κ1) is 17.3. The molecule has 7 heteroatoms. The summed E-state index contributed by atoms with van der Waals surface area (Å²) in [5.41, 5.74) is 0.936. The van der Waals surface area contributed by atoms with Crippen LogP contribution in [0.3, 0.4) is 0 Å². The number of aliphatic hydroxyl groups excluding tert-OH is 1. The number of aromatic nitrogens is 2. The van der Waals surface area contributed by atoms with Gasteiger partial charge in [0.15, 0.2) is 5.82 Å². The van der Waals surface area contributed by atoms with Gasteiger partial charge < -0.3 is 10.4 Å². The number of rotatable bonds is 6. The van der Waals surface area contributed by atoms with E-state index in [1.165, 1.54) is 23.7 Å². The average molecular weight is 350 g/mol. The number of nitrogens with zero attached hydrogens (tertiary/aromatic N) is 3. The van der Waals surface area contributed by atoms with Gasteiger partial charge in [0.25, 0.3) is 0 Å². The van der Waals surface area contributed by atoms with Gasteiger partial charge >= 0.3 is 0 Å². The van der Waals surface area contributed by atoms with E-state index in [1.807, 2.05) is 12.1 Å². The van der Waals surface area contributed by atoms with Crippen LogP contribution in [0.15, 0.2) is 24.3 Å². The Labute approximate surface area is 145 Å². The molecular weight excluding hydrogens is 327 g/mol. The van der Waals surface area contributed by atoms with Crippen LogP contribution in [0.25, 0.3) is 0 Å². The number of β-amino-alcohol motifs (C(OH)–C–C–N with tert-alkyl or cyclic N) is 1. The normalized spacial score (nSPS) is 18.9. The molecule has 0 bridgehead atoms. The van der Waals surface area contributed by atoms with Gasteiger partial charge in [-0.1, -0.05) is 26.0 Å². The van der Waals surface area contributed by atoms with E-state index in [0.29, 0.717) is 19.6 Å². The number of hydrogen-bond donors (Lipinski definition) is 2. The molecule has 1 atom stereocenters. The molecule has 2 aromatic rings. The molecule has 130 valence electrons. The van der Waals surface area contributed by atoms with Crippen LogP contribution in [0.4, 0.5) is 9.52 Å². The zero-order valence-corrected chi connectivity index (χ0v) is 14.8. The highest BCUT2D eigenvalue weighted by Gasteiger charge is 2.23. The number of halogens is 1. The second-order valence-electron chi connectivity index (χ2n) is 6.94. The maximum Gasteiger partial charge on any atom is 0.202 e. The second kappa shape index (κ2) is 7.13. The minimum Gasteiger partial charge on any atom is -0.392 e. The van der Waals surface area contributed by atoms with Gasteiger partial charge in [-0.25, -0.2) is 9.37 Å². The van der Waals surface area contributed by atoms with E-state index in [9.17, 15) is 9.50 Å². The molecule has 0 radical (unpaired) electrons. The zero-order chi connectivity index (χ0) is 17.2. The van der Waals surface area contributed by atoms with E-state index in [0.717, 1.165) is 29.5 Å². The summed E-state index contributed by atoms with van der Waals surface area (Å²) in [6.45, 7) is 7.17. The molecule has 0 amide bonds. The third kappa shape index (κ3) is 4.28. The SMILES string of the molecule is CC(C)(CNc1nc(CN2CC[C@H](O)C2)ns1)c1ccc(F)cc1. The van der Waals surface area contributed by atoms with Crippen LogP contribution in [-0.2, 0) is 12.0 Å². The third-order valence-corrected chi connectivity index (χ3v) is 5.10. The predicted molar refractivity (Wildman–Crippen MR) is 93.7 cm³/mol. The highest BCUT2D eigenvalue weighted by Crippen LogP contribution is 2.25. The summed E-state index contributed by atoms with van der Waals surface area (Å²) in [4.78, 5) is 6.69. The van der Waals surface area contributed by atoms with E-state index in [1.54, 1.807) is 0 Å². The first-order valence-electron chi connectivity index (χ1n) is 8.15. The Morgan fingerprint density at radius 2 is 2.12 bits per heavy atom. The largest absolute Gasteiger partial charge is 0.392 e. The molecule has 1 fully saturated rings. The van der Waals surface area contributed by atoms with E-state index in [2.05, 4.69) is 33.4 Å². The van der Waals surface area contributed by atoms with Gasteiger partial charge in [0, 0.05) is 36.6 Å². The van der Waals surface area contributed by atoms with E-state index >= 15 is 0 Å². The maximum atomic E-state index is 13.1. The summed E-state index contributed by atoms with van der Waals surface area (Å²) >= 11 is 1.35. The number of benzene rings is 1. The lowest BCUT2D eigenvalue weighted by Crippen LogP contribution is -2.27. The molecule has 1 aliphatic rings. The van der Waals surface area contributed by atoms with Crippen molar-refractivity contribution in [3.8, 4) is 0 Å². The van der Waals surface area contributed by atoms with Crippen molar-refractivity contribution in [2.24, 2.45) is 0 Å². The zero-order valence-electron chi connectivity index (χ0n) is 14.0. The van der Waals surface area contributed by atoms with Crippen molar-refractivity contribution in [3.63, 3.8) is 0 Å². The molecule has 0 spiro atoms. The first-order valence-corrected chi connectivity index (χ1v) is 8.93. The van der Waals surface area contributed by atoms with E-state index in [4.69, 9.17) is 0 Å². The van der Waals surface area contributed by atoms with Crippen molar-refractivity contribution in [3.05, 3.63) is 41.5 Å². The lowest BCUT2D eigenvalue weighted by atomic mass is 9.85. The van der Waals surface area contributed by atoms with Gasteiger partial charge in [-0.15, -0.1) is 0 Å². The van der Waals surface area contributed by atoms with Crippen molar-refractivity contribution in [1.82, 2.24) is 14.3 Å². The van der Waals surface area contributed by atoms with Gasteiger partial charge in [-0.2, -0.15) is 4.37 Å². The van der Waals surface area contributed by atoms with Crippen molar-refractivity contribution < 1.29 is 9.50 Å². The fourth-order valence-electron chi connectivity index (χ4n) is 2.85. The van der Waals surface area contributed by atoms with Gasteiger partial charge in [-0.05, 0) is 24.1 Å². The smallest absolute Gasteiger partial charge is 0.202 e. The summed E-state index contributed by atoms with van der Waals surface area (Å²) in [7, 11) is 0. The summed E-state index contributed by atoms with van der Waals surface area (Å²) in [5, 5.41) is 13.7. The first-order chi connectivity index (χ1) is 11.4. The second-order valence-corrected chi connectivity index (χ2v) is 7.69. The summed E-state index contributed by atoms with van der Waals surface area (Å²) < 4.78 is 17.5. The van der Waals surface area contributed by atoms with Crippen molar-refractivity contribution in [2.75, 3.05) is 25.0 Å². The predicted octanol–water partition coefficient (Wildman–Crippen LogP) is 2.63. The fraction of sp³-hybridized carbons (Fsp3) is 0.529. The third-order valence-electron chi connectivity index (χ3n) is 4.39. The maximum absolute atomic E-state index is 13.1. The van der Waals surface area contributed by atoms with Crippen LogP contribution < -0.4 is 5.32 Å². The monoisotopic (exact) mass is 350 g/mol. The molecule has 1 aromatic carbocycles. The van der Waals surface area contributed by atoms with Crippen LogP contribution >= 0.6 is 11.5 Å². The van der Waals surface area contributed by atoms with Crippen LogP contribution in [0, 0.1) is 5.82 Å². The molecule has 5 nitrogen and oxygen atoms in total. The molecule has 1 aliphatic heterocycles. The summed E-state index contributed by atoms with van der Waals surface area (Å²) in [6, 6.07) is 6.62. The highest BCUT2D eigenvalue weighted by molar-refractivity contribution is 7.09. The molecule has 0 unspecified atom stereocenters. The Bertz CT molecular complexity index is 673. The lowest BCUT2D eigenvalue weighted by Gasteiger charge is -2.25. The topological polar surface area (TPSA) is 61.3 Å². The minimum atomic E-state index is -0.224. The molecule has 1 saturated heterocycles. The van der Waals surface area contributed by atoms with Gasteiger partial charge in [0.05, 0.1) is 12.6 Å². The van der Waals surface area contributed by atoms with Gasteiger partial charge in [-0.3, -0.25) is 4.90 Å². The average Bonchev–Trinajstić information content (AvgIpc) is 3.15.